The molecule has 3 aromatic rings. The third kappa shape index (κ3) is 2.75. The summed E-state index contributed by atoms with van der Waals surface area (Å²) in [6.45, 7) is 0. The first kappa shape index (κ1) is 15.8. The van der Waals surface area contributed by atoms with Gasteiger partial charge in [-0.15, -0.1) is 0 Å². The second kappa shape index (κ2) is 5.84. The molecule has 6 nitrogen and oxygen atoms in total. The first-order valence-electron chi connectivity index (χ1n) is 6.64. The number of aromatic nitrogens is 3. The number of hydrogen-bond donors (Lipinski definition) is 1. The summed E-state index contributed by atoms with van der Waals surface area (Å²) in [5.41, 5.74) is -1.30. The molecule has 2 heterocycles. The van der Waals surface area contributed by atoms with Crippen LogP contribution in [0.2, 0.25) is 0 Å². The standard InChI is InChI=1S/C15H10F3N3O3/c1-23-10-6-2-4-8(12(10)22)14-20-13(21-24-14)11-9(15(16,17)18)5-3-7-19-11/h2-7,22H,1H3. The number of alkyl halides is 3. The van der Waals surface area contributed by atoms with E-state index in [2.05, 4.69) is 15.1 Å². The van der Waals surface area contributed by atoms with Crippen molar-refractivity contribution in [2.45, 2.75) is 6.18 Å². The van der Waals surface area contributed by atoms with E-state index in [0.717, 1.165) is 6.07 Å². The molecule has 0 aliphatic carbocycles. The highest BCUT2D eigenvalue weighted by molar-refractivity contribution is 5.68. The summed E-state index contributed by atoms with van der Waals surface area (Å²) in [7, 11) is 1.36. The van der Waals surface area contributed by atoms with Gasteiger partial charge in [0.2, 0.25) is 5.82 Å². The molecule has 124 valence electrons. The number of benzene rings is 1. The van der Waals surface area contributed by atoms with Crippen LogP contribution in [0.3, 0.4) is 0 Å². The van der Waals surface area contributed by atoms with Gasteiger partial charge in [-0.3, -0.25) is 4.98 Å². The number of nitrogens with zero attached hydrogens (tertiary/aromatic N) is 3. The van der Waals surface area contributed by atoms with Crippen molar-refractivity contribution in [3.63, 3.8) is 0 Å². The zero-order valence-corrected chi connectivity index (χ0v) is 12.2. The lowest BCUT2D eigenvalue weighted by molar-refractivity contribution is -0.137. The van der Waals surface area contributed by atoms with Crippen LogP contribution in [0.5, 0.6) is 11.5 Å². The Morgan fingerprint density at radius 3 is 2.67 bits per heavy atom. The lowest BCUT2D eigenvalue weighted by Crippen LogP contribution is -2.08. The predicted molar refractivity (Wildman–Crippen MR) is 76.2 cm³/mol. The summed E-state index contributed by atoms with van der Waals surface area (Å²) in [6.07, 6.45) is -3.41. The van der Waals surface area contributed by atoms with Crippen molar-refractivity contribution in [2.75, 3.05) is 7.11 Å². The molecule has 0 aliphatic heterocycles. The van der Waals surface area contributed by atoms with Gasteiger partial charge >= 0.3 is 6.18 Å². The summed E-state index contributed by atoms with van der Waals surface area (Å²) in [6, 6.07) is 6.59. The largest absolute Gasteiger partial charge is 0.504 e. The van der Waals surface area contributed by atoms with E-state index in [4.69, 9.17) is 9.26 Å². The molecule has 1 N–H and O–H groups in total. The van der Waals surface area contributed by atoms with Gasteiger partial charge in [0.05, 0.1) is 18.2 Å². The molecule has 1 aromatic carbocycles. The molecular formula is C15H10F3N3O3. The van der Waals surface area contributed by atoms with Gasteiger partial charge in [0, 0.05) is 6.20 Å². The molecule has 0 radical (unpaired) electrons. The van der Waals surface area contributed by atoms with Gasteiger partial charge in [0.25, 0.3) is 5.89 Å². The van der Waals surface area contributed by atoms with Gasteiger partial charge in [-0.2, -0.15) is 18.2 Å². The van der Waals surface area contributed by atoms with Crippen LogP contribution in [0.25, 0.3) is 23.0 Å². The molecular weight excluding hydrogens is 327 g/mol. The van der Waals surface area contributed by atoms with Crippen molar-refractivity contribution in [3.05, 3.63) is 42.1 Å². The predicted octanol–water partition coefficient (Wildman–Crippen LogP) is 3.53. The van der Waals surface area contributed by atoms with E-state index in [9.17, 15) is 18.3 Å². The molecule has 0 saturated carbocycles. The van der Waals surface area contributed by atoms with Crippen molar-refractivity contribution in [1.29, 1.82) is 0 Å². The van der Waals surface area contributed by atoms with Gasteiger partial charge in [-0.1, -0.05) is 11.2 Å². The second-order valence-electron chi connectivity index (χ2n) is 4.68. The Morgan fingerprint density at radius 1 is 1.17 bits per heavy atom. The number of phenolic OH excluding ortho intramolecular Hbond substituents is 1. The van der Waals surface area contributed by atoms with E-state index in [-0.39, 0.29) is 28.8 Å². The Bertz CT molecular complexity index is 878. The molecule has 0 spiro atoms. The number of pyridine rings is 1. The Labute approximate surface area is 133 Å². The van der Waals surface area contributed by atoms with E-state index >= 15 is 0 Å². The number of phenols is 1. The molecule has 0 amide bonds. The number of para-hydroxylation sites is 1. The molecule has 0 fully saturated rings. The van der Waals surface area contributed by atoms with Gasteiger partial charge < -0.3 is 14.4 Å². The van der Waals surface area contributed by atoms with Gasteiger partial charge in [0.15, 0.2) is 11.5 Å². The molecule has 24 heavy (non-hydrogen) atoms. The Hall–Kier alpha value is -3.10. The maximum atomic E-state index is 13.0. The van der Waals surface area contributed by atoms with Crippen molar-refractivity contribution < 1.29 is 27.5 Å². The van der Waals surface area contributed by atoms with E-state index in [1.54, 1.807) is 6.07 Å². The van der Waals surface area contributed by atoms with E-state index in [1.807, 2.05) is 0 Å². The first-order valence-corrected chi connectivity index (χ1v) is 6.64. The summed E-state index contributed by atoms with van der Waals surface area (Å²) >= 11 is 0. The molecule has 0 atom stereocenters. The van der Waals surface area contributed by atoms with Crippen LogP contribution in [0.4, 0.5) is 13.2 Å². The highest BCUT2D eigenvalue weighted by atomic mass is 19.4. The van der Waals surface area contributed by atoms with E-state index in [1.165, 1.54) is 31.5 Å². The lowest BCUT2D eigenvalue weighted by Gasteiger charge is -2.08. The number of rotatable bonds is 3. The summed E-state index contributed by atoms with van der Waals surface area (Å²) in [4.78, 5) is 7.59. The monoisotopic (exact) mass is 337 g/mol. The second-order valence-corrected chi connectivity index (χ2v) is 4.68. The number of ether oxygens (including phenoxy) is 1. The highest BCUT2D eigenvalue weighted by Gasteiger charge is 2.35. The van der Waals surface area contributed by atoms with Crippen molar-refractivity contribution >= 4 is 0 Å². The van der Waals surface area contributed by atoms with Crippen LogP contribution in [-0.2, 0) is 6.18 Å². The summed E-state index contributed by atoms with van der Waals surface area (Å²) < 4.78 is 49.1. The highest BCUT2D eigenvalue weighted by Crippen LogP contribution is 2.38. The fourth-order valence-corrected chi connectivity index (χ4v) is 2.10. The van der Waals surface area contributed by atoms with Crippen LogP contribution < -0.4 is 4.74 Å². The first-order chi connectivity index (χ1) is 11.4. The third-order valence-corrected chi connectivity index (χ3v) is 3.20. The number of aromatic hydroxyl groups is 1. The molecule has 0 aliphatic rings. The molecule has 0 bridgehead atoms. The zero-order chi connectivity index (χ0) is 17.3. The molecule has 9 heteroatoms. The molecule has 2 aromatic heterocycles. The SMILES string of the molecule is COc1cccc(-c2nc(-c3ncccc3C(F)(F)F)no2)c1O. The number of methoxy groups -OCH3 is 1. The van der Waals surface area contributed by atoms with Gasteiger partial charge in [-0.05, 0) is 24.3 Å². The van der Waals surface area contributed by atoms with Crippen LogP contribution in [0.15, 0.2) is 41.1 Å². The number of hydrogen-bond acceptors (Lipinski definition) is 6. The average Bonchev–Trinajstić information content (AvgIpc) is 3.04. The van der Waals surface area contributed by atoms with Crippen molar-refractivity contribution in [2.24, 2.45) is 0 Å². The number of halogens is 3. The maximum Gasteiger partial charge on any atom is 0.418 e. The van der Waals surface area contributed by atoms with Crippen LogP contribution >= 0.6 is 0 Å². The van der Waals surface area contributed by atoms with Gasteiger partial charge in [-0.25, -0.2) is 0 Å². The van der Waals surface area contributed by atoms with Crippen molar-refractivity contribution in [3.8, 4) is 34.5 Å². The fourth-order valence-electron chi connectivity index (χ4n) is 2.10. The fraction of sp³-hybridized carbons (Fsp3) is 0.133. The van der Waals surface area contributed by atoms with Crippen LogP contribution in [-0.4, -0.2) is 27.3 Å². The minimum atomic E-state index is -4.61. The normalized spacial score (nSPS) is 11.5. The van der Waals surface area contributed by atoms with E-state index in [0.29, 0.717) is 0 Å². The maximum absolute atomic E-state index is 13.0. The molecule has 0 saturated heterocycles. The molecule has 0 unspecified atom stereocenters. The van der Waals surface area contributed by atoms with Crippen molar-refractivity contribution in [1.82, 2.24) is 15.1 Å². The van der Waals surface area contributed by atoms with Crippen LogP contribution in [0, 0.1) is 0 Å². The summed E-state index contributed by atoms with van der Waals surface area (Å²) in [5.74, 6) is -0.575. The van der Waals surface area contributed by atoms with E-state index < -0.39 is 17.4 Å². The Kier molecular flexibility index (Phi) is 3.84. The lowest BCUT2D eigenvalue weighted by atomic mass is 10.1. The van der Waals surface area contributed by atoms with Gasteiger partial charge in [0.1, 0.15) is 5.69 Å². The smallest absolute Gasteiger partial charge is 0.418 e. The molecule has 3 rings (SSSR count). The quantitative estimate of drug-likeness (QED) is 0.787. The topological polar surface area (TPSA) is 81.3 Å². The van der Waals surface area contributed by atoms with Crippen LogP contribution in [0.1, 0.15) is 5.56 Å². The third-order valence-electron chi connectivity index (χ3n) is 3.20. The Morgan fingerprint density at radius 2 is 1.96 bits per heavy atom. The average molecular weight is 337 g/mol. The summed E-state index contributed by atoms with van der Waals surface area (Å²) in [5, 5.41) is 13.6. The minimum absolute atomic E-state index is 0.137. The minimum Gasteiger partial charge on any atom is -0.504 e. The Balaban J connectivity index is 2.08. The zero-order valence-electron chi connectivity index (χ0n) is 12.2.